The van der Waals surface area contributed by atoms with E-state index in [0.717, 1.165) is 17.5 Å². The molecule has 1 aliphatic heterocycles. The molecule has 0 saturated heterocycles. The van der Waals surface area contributed by atoms with Crippen molar-refractivity contribution in [3.8, 4) is 5.75 Å². The van der Waals surface area contributed by atoms with Gasteiger partial charge in [0.1, 0.15) is 5.75 Å². The van der Waals surface area contributed by atoms with Crippen LogP contribution in [0.15, 0.2) is 42.5 Å². The van der Waals surface area contributed by atoms with Gasteiger partial charge in [-0.25, -0.2) is 0 Å². The monoisotopic (exact) mass is 380 g/mol. The molecule has 6 nitrogen and oxygen atoms in total. The first-order valence-electron chi connectivity index (χ1n) is 9.62. The molecule has 0 spiro atoms. The maximum Gasteiger partial charge on any atom is 0.254 e. The highest BCUT2D eigenvalue weighted by molar-refractivity contribution is 6.02. The third kappa shape index (κ3) is 3.47. The number of hydrogen-bond acceptors (Lipinski definition) is 4. The largest absolute Gasteiger partial charge is 0.491 e. The highest BCUT2D eigenvalue weighted by Gasteiger charge is 2.38. The third-order valence-electron chi connectivity index (χ3n) is 5.56. The topological polar surface area (TPSA) is 87.7 Å². The fourth-order valence-electron chi connectivity index (χ4n) is 3.88. The maximum absolute atomic E-state index is 12.8. The summed E-state index contributed by atoms with van der Waals surface area (Å²) in [6, 6.07) is 13.5. The molecule has 1 saturated carbocycles. The number of carbonyl (C=O) groups excluding carboxylic acids is 2. The first-order valence-corrected chi connectivity index (χ1v) is 9.62. The Morgan fingerprint density at radius 3 is 2.68 bits per heavy atom. The number of nitrogens with one attached hydrogen (secondary N) is 2. The summed E-state index contributed by atoms with van der Waals surface area (Å²) in [4.78, 5) is 25.2. The number of rotatable bonds is 6. The maximum atomic E-state index is 12.8. The SMILES string of the molecule is CNC(=O)c1cc(C(=O)N[C@@H]2C[C@H]2CCO)cc2c1OC[C@@H]2c1ccccc1. The minimum Gasteiger partial charge on any atom is -0.491 e. The van der Waals surface area contributed by atoms with Gasteiger partial charge >= 0.3 is 0 Å². The van der Waals surface area contributed by atoms with Crippen molar-refractivity contribution in [3.63, 3.8) is 0 Å². The normalized spacial score (nSPS) is 22.1. The molecule has 0 aromatic heterocycles. The molecule has 0 bridgehead atoms. The predicted molar refractivity (Wildman–Crippen MR) is 105 cm³/mol. The Hall–Kier alpha value is -2.86. The lowest BCUT2D eigenvalue weighted by Gasteiger charge is -2.13. The highest BCUT2D eigenvalue weighted by atomic mass is 16.5. The van der Waals surface area contributed by atoms with Gasteiger partial charge < -0.3 is 20.5 Å². The molecule has 0 unspecified atom stereocenters. The van der Waals surface area contributed by atoms with Crippen LogP contribution in [0.25, 0.3) is 0 Å². The summed E-state index contributed by atoms with van der Waals surface area (Å²) < 4.78 is 5.88. The zero-order valence-electron chi connectivity index (χ0n) is 15.8. The third-order valence-corrected chi connectivity index (χ3v) is 5.56. The Kier molecular flexibility index (Phi) is 5.05. The number of benzene rings is 2. The number of amides is 2. The van der Waals surface area contributed by atoms with Crippen LogP contribution in [-0.2, 0) is 0 Å². The molecule has 2 amide bonds. The van der Waals surface area contributed by atoms with E-state index in [9.17, 15) is 9.59 Å². The van der Waals surface area contributed by atoms with Gasteiger partial charge in [-0.1, -0.05) is 30.3 Å². The first kappa shape index (κ1) is 18.5. The molecule has 146 valence electrons. The first-order chi connectivity index (χ1) is 13.6. The minimum absolute atomic E-state index is 0.0181. The van der Waals surface area contributed by atoms with E-state index in [1.807, 2.05) is 36.4 Å². The molecule has 3 atom stereocenters. The molecule has 6 heteroatoms. The van der Waals surface area contributed by atoms with Crippen molar-refractivity contribution in [2.75, 3.05) is 20.3 Å². The average Bonchev–Trinajstić information content (AvgIpc) is 3.30. The summed E-state index contributed by atoms with van der Waals surface area (Å²) in [5, 5.41) is 14.7. The van der Waals surface area contributed by atoms with Gasteiger partial charge in [0.15, 0.2) is 0 Å². The second-order valence-corrected chi connectivity index (χ2v) is 7.38. The molecule has 2 aromatic carbocycles. The van der Waals surface area contributed by atoms with Crippen LogP contribution >= 0.6 is 0 Å². The lowest BCUT2D eigenvalue weighted by atomic mass is 9.90. The molecular weight excluding hydrogens is 356 g/mol. The number of aliphatic hydroxyl groups excluding tert-OH is 1. The Morgan fingerprint density at radius 2 is 1.96 bits per heavy atom. The van der Waals surface area contributed by atoms with E-state index in [4.69, 9.17) is 9.84 Å². The van der Waals surface area contributed by atoms with Crippen LogP contribution in [0.4, 0.5) is 0 Å². The van der Waals surface area contributed by atoms with Crippen molar-refractivity contribution in [2.45, 2.75) is 24.8 Å². The van der Waals surface area contributed by atoms with E-state index >= 15 is 0 Å². The van der Waals surface area contributed by atoms with Crippen molar-refractivity contribution in [1.29, 1.82) is 0 Å². The predicted octanol–water partition coefficient (Wildman–Crippen LogP) is 2.07. The van der Waals surface area contributed by atoms with Crippen LogP contribution in [0.3, 0.4) is 0 Å². The van der Waals surface area contributed by atoms with Gasteiger partial charge in [0.25, 0.3) is 11.8 Å². The second kappa shape index (κ2) is 7.64. The smallest absolute Gasteiger partial charge is 0.254 e. The van der Waals surface area contributed by atoms with Crippen LogP contribution in [0.2, 0.25) is 0 Å². The summed E-state index contributed by atoms with van der Waals surface area (Å²) in [7, 11) is 1.56. The van der Waals surface area contributed by atoms with Gasteiger partial charge in [-0.2, -0.15) is 0 Å². The summed E-state index contributed by atoms with van der Waals surface area (Å²) >= 11 is 0. The van der Waals surface area contributed by atoms with Crippen LogP contribution in [0, 0.1) is 5.92 Å². The summed E-state index contributed by atoms with van der Waals surface area (Å²) in [5.74, 6) is 0.397. The van der Waals surface area contributed by atoms with Gasteiger partial charge in [-0.15, -0.1) is 0 Å². The summed E-state index contributed by atoms with van der Waals surface area (Å²) in [6.45, 7) is 0.572. The van der Waals surface area contributed by atoms with Crippen LogP contribution in [-0.4, -0.2) is 43.2 Å². The van der Waals surface area contributed by atoms with Crippen molar-refractivity contribution in [3.05, 3.63) is 64.7 Å². The molecule has 28 heavy (non-hydrogen) atoms. The average molecular weight is 380 g/mol. The highest BCUT2D eigenvalue weighted by Crippen LogP contribution is 2.41. The van der Waals surface area contributed by atoms with Crippen molar-refractivity contribution in [2.24, 2.45) is 5.92 Å². The molecule has 1 heterocycles. The van der Waals surface area contributed by atoms with Crippen molar-refractivity contribution in [1.82, 2.24) is 10.6 Å². The number of ether oxygens (including phenoxy) is 1. The van der Waals surface area contributed by atoms with Crippen LogP contribution in [0.1, 0.15) is 50.6 Å². The Bertz CT molecular complexity index is 897. The molecule has 2 aromatic rings. The van der Waals surface area contributed by atoms with E-state index in [0.29, 0.717) is 35.8 Å². The quantitative estimate of drug-likeness (QED) is 0.716. The van der Waals surface area contributed by atoms with Gasteiger partial charge in [0.2, 0.25) is 0 Å². The van der Waals surface area contributed by atoms with Gasteiger partial charge in [-0.05, 0) is 36.5 Å². The minimum atomic E-state index is -0.274. The Morgan fingerprint density at radius 1 is 1.18 bits per heavy atom. The lowest BCUT2D eigenvalue weighted by Crippen LogP contribution is -2.28. The molecule has 1 aliphatic carbocycles. The molecule has 3 N–H and O–H groups in total. The van der Waals surface area contributed by atoms with E-state index in [-0.39, 0.29) is 30.4 Å². The summed E-state index contributed by atoms with van der Waals surface area (Å²) in [5.41, 5.74) is 2.79. The second-order valence-electron chi connectivity index (χ2n) is 7.38. The fourth-order valence-corrected chi connectivity index (χ4v) is 3.88. The zero-order valence-corrected chi connectivity index (χ0v) is 15.8. The van der Waals surface area contributed by atoms with Crippen LogP contribution < -0.4 is 15.4 Å². The number of carbonyl (C=O) groups is 2. The molecule has 4 rings (SSSR count). The number of fused-ring (bicyclic) bond motifs is 1. The standard InChI is InChI=1S/C22H24N2O4/c1-23-22(27)17-10-15(21(26)24-19-11-14(19)7-8-25)9-16-18(12-28-20(16)17)13-5-3-2-4-6-13/h2-6,9-10,14,18-19,25H,7-8,11-12H2,1H3,(H,23,27)(H,24,26)/t14-,18-,19-/m1/s1. The summed E-state index contributed by atoms with van der Waals surface area (Å²) in [6.07, 6.45) is 1.58. The van der Waals surface area contributed by atoms with E-state index in [1.165, 1.54) is 0 Å². The van der Waals surface area contributed by atoms with E-state index in [2.05, 4.69) is 10.6 Å². The van der Waals surface area contributed by atoms with Crippen LogP contribution in [0.5, 0.6) is 5.75 Å². The van der Waals surface area contributed by atoms with Crippen molar-refractivity contribution >= 4 is 11.8 Å². The zero-order chi connectivity index (χ0) is 19.7. The molecular formula is C22H24N2O4. The van der Waals surface area contributed by atoms with Crippen molar-refractivity contribution < 1.29 is 19.4 Å². The van der Waals surface area contributed by atoms with Gasteiger partial charge in [0, 0.05) is 36.7 Å². The molecule has 2 aliphatic rings. The Balaban J connectivity index is 1.67. The van der Waals surface area contributed by atoms with E-state index < -0.39 is 0 Å². The van der Waals surface area contributed by atoms with Gasteiger partial charge in [0.05, 0.1) is 12.2 Å². The number of hydrogen-bond donors (Lipinski definition) is 3. The molecule has 0 radical (unpaired) electrons. The fraction of sp³-hybridized carbons (Fsp3) is 0.364. The number of aliphatic hydroxyl groups is 1. The lowest BCUT2D eigenvalue weighted by molar-refractivity contribution is 0.0948. The van der Waals surface area contributed by atoms with E-state index in [1.54, 1.807) is 13.1 Å². The van der Waals surface area contributed by atoms with Gasteiger partial charge in [-0.3, -0.25) is 9.59 Å². The Labute approximate surface area is 163 Å². The molecule has 1 fully saturated rings.